The van der Waals surface area contributed by atoms with Crippen LogP contribution in [0.5, 0.6) is 0 Å². The third-order valence-electron chi connectivity index (χ3n) is 5.12. The van der Waals surface area contributed by atoms with Gasteiger partial charge >= 0.3 is 5.76 Å². The third kappa shape index (κ3) is 3.40. The number of nitrogens with one attached hydrogen (secondary N) is 1. The first-order chi connectivity index (χ1) is 13.5. The smallest absolute Gasteiger partial charge is 0.407 e. The molecule has 0 spiro atoms. The van der Waals surface area contributed by atoms with E-state index in [2.05, 4.69) is 11.4 Å². The first-order valence-corrected chi connectivity index (χ1v) is 9.18. The summed E-state index contributed by atoms with van der Waals surface area (Å²) in [6.45, 7) is 0.304. The number of amides is 1. The van der Waals surface area contributed by atoms with Gasteiger partial charge in [0.2, 0.25) is 5.91 Å². The minimum absolute atomic E-state index is 0.0433. The van der Waals surface area contributed by atoms with Crippen molar-refractivity contribution in [2.24, 2.45) is 0 Å². The van der Waals surface area contributed by atoms with E-state index >= 15 is 0 Å². The van der Waals surface area contributed by atoms with Crippen molar-refractivity contribution in [2.45, 2.75) is 38.3 Å². The second-order valence-electron chi connectivity index (χ2n) is 6.89. The van der Waals surface area contributed by atoms with Gasteiger partial charge in [-0.15, -0.1) is 0 Å². The van der Waals surface area contributed by atoms with Gasteiger partial charge in [0.1, 0.15) is 0 Å². The highest BCUT2D eigenvalue weighted by atomic mass is 16.6. The van der Waals surface area contributed by atoms with Crippen LogP contribution in [0.15, 0.2) is 51.7 Å². The normalized spacial score (nSPS) is 15.5. The van der Waals surface area contributed by atoms with Crippen LogP contribution in [0.2, 0.25) is 0 Å². The molecule has 0 aliphatic heterocycles. The first-order valence-electron chi connectivity index (χ1n) is 9.18. The topological polar surface area (TPSA) is 107 Å². The molecule has 0 radical (unpaired) electrons. The Morgan fingerprint density at radius 2 is 2.11 bits per heavy atom. The summed E-state index contributed by atoms with van der Waals surface area (Å²) in [5, 5.41) is 13.9. The average Bonchev–Trinajstić information content (AvgIpc) is 3.22. The lowest BCUT2D eigenvalue weighted by Crippen LogP contribution is -2.27. The van der Waals surface area contributed by atoms with Crippen LogP contribution in [0.1, 0.15) is 36.4 Å². The van der Waals surface area contributed by atoms with Crippen molar-refractivity contribution in [1.29, 1.82) is 0 Å². The minimum atomic E-state index is -0.583. The van der Waals surface area contributed by atoms with Gasteiger partial charge in [0, 0.05) is 19.0 Å². The Hall–Kier alpha value is -3.42. The van der Waals surface area contributed by atoms with Crippen molar-refractivity contribution in [1.82, 2.24) is 9.88 Å². The molecule has 1 heterocycles. The standard InChI is InChI=1S/C20H19N3O5/c24-19(21-16-9-7-13-4-1-2-5-15(13)16)6-3-11-22-17-10-8-14(23(26)27)12-18(17)28-20(22)25/h1-2,4-5,8,10,12,16H,3,6-7,9,11H2,(H,21,24). The van der Waals surface area contributed by atoms with Crippen molar-refractivity contribution < 1.29 is 14.1 Å². The van der Waals surface area contributed by atoms with Crippen LogP contribution in [-0.2, 0) is 17.8 Å². The number of nitro groups is 1. The number of oxazole rings is 1. The summed E-state index contributed by atoms with van der Waals surface area (Å²) >= 11 is 0. The predicted octanol–water partition coefficient (Wildman–Crippen LogP) is 3.09. The molecule has 8 heteroatoms. The fourth-order valence-corrected chi connectivity index (χ4v) is 3.75. The minimum Gasteiger partial charge on any atom is -0.407 e. The number of aromatic nitrogens is 1. The molecule has 0 fully saturated rings. The Balaban J connectivity index is 1.38. The third-order valence-corrected chi connectivity index (χ3v) is 5.12. The van der Waals surface area contributed by atoms with E-state index in [4.69, 9.17) is 4.42 Å². The second-order valence-corrected chi connectivity index (χ2v) is 6.89. The van der Waals surface area contributed by atoms with Crippen molar-refractivity contribution in [3.63, 3.8) is 0 Å². The van der Waals surface area contributed by atoms with Crippen LogP contribution in [0, 0.1) is 10.1 Å². The summed E-state index contributed by atoms with van der Waals surface area (Å²) in [7, 11) is 0. The molecule has 0 saturated carbocycles. The Morgan fingerprint density at radius 1 is 1.29 bits per heavy atom. The fourth-order valence-electron chi connectivity index (χ4n) is 3.75. The molecule has 8 nitrogen and oxygen atoms in total. The lowest BCUT2D eigenvalue weighted by atomic mass is 10.1. The molecule has 144 valence electrons. The van der Waals surface area contributed by atoms with Gasteiger partial charge in [-0.05, 0) is 36.5 Å². The molecule has 2 aromatic carbocycles. The zero-order chi connectivity index (χ0) is 19.7. The predicted molar refractivity (Wildman–Crippen MR) is 102 cm³/mol. The van der Waals surface area contributed by atoms with Gasteiger partial charge in [-0.1, -0.05) is 24.3 Å². The van der Waals surface area contributed by atoms with Crippen molar-refractivity contribution in [2.75, 3.05) is 0 Å². The number of rotatable bonds is 6. The molecule has 0 bridgehead atoms. The number of carbonyl (C=O) groups is 1. The van der Waals surface area contributed by atoms with Gasteiger partial charge in [0.25, 0.3) is 5.69 Å². The molecule has 3 aromatic rings. The van der Waals surface area contributed by atoms with E-state index in [1.807, 2.05) is 18.2 Å². The molecule has 1 unspecified atom stereocenters. The van der Waals surface area contributed by atoms with E-state index < -0.39 is 10.7 Å². The molecule has 1 aromatic heterocycles. The lowest BCUT2D eigenvalue weighted by Gasteiger charge is -2.14. The van der Waals surface area contributed by atoms with E-state index in [0.29, 0.717) is 18.5 Å². The molecule has 0 saturated heterocycles. The lowest BCUT2D eigenvalue weighted by molar-refractivity contribution is -0.384. The van der Waals surface area contributed by atoms with Crippen molar-refractivity contribution >= 4 is 22.7 Å². The van der Waals surface area contributed by atoms with Gasteiger partial charge < -0.3 is 9.73 Å². The zero-order valence-electron chi connectivity index (χ0n) is 15.1. The van der Waals surface area contributed by atoms with Crippen molar-refractivity contribution in [3.8, 4) is 0 Å². The number of non-ortho nitro benzene ring substituents is 1. The number of nitrogens with zero attached hydrogens (tertiary/aromatic N) is 2. The molecular formula is C20H19N3O5. The quantitative estimate of drug-likeness (QED) is 0.521. The van der Waals surface area contributed by atoms with Crippen LogP contribution in [-0.4, -0.2) is 15.4 Å². The highest BCUT2D eigenvalue weighted by Crippen LogP contribution is 2.30. The molecule has 1 aliphatic rings. The van der Waals surface area contributed by atoms with Gasteiger partial charge in [-0.2, -0.15) is 0 Å². The maximum Gasteiger partial charge on any atom is 0.419 e. The van der Waals surface area contributed by atoms with Gasteiger partial charge in [-0.3, -0.25) is 19.5 Å². The Bertz CT molecular complexity index is 1110. The molecule has 28 heavy (non-hydrogen) atoms. The van der Waals surface area contributed by atoms with Gasteiger partial charge in [0.05, 0.1) is 22.5 Å². The number of fused-ring (bicyclic) bond motifs is 2. The summed E-state index contributed by atoms with van der Waals surface area (Å²) in [5.41, 5.74) is 2.98. The molecule has 1 N–H and O–H groups in total. The van der Waals surface area contributed by atoms with Crippen LogP contribution in [0.4, 0.5) is 5.69 Å². The largest absolute Gasteiger partial charge is 0.419 e. The number of carbonyl (C=O) groups excluding carboxylic acids is 1. The van der Waals surface area contributed by atoms with Gasteiger partial charge in [0.15, 0.2) is 5.58 Å². The number of hydrogen-bond donors (Lipinski definition) is 1. The molecule has 1 amide bonds. The SMILES string of the molecule is O=C(CCCn1c(=O)oc2cc([N+](=O)[O-])ccc21)NC1CCc2ccccc21. The summed E-state index contributed by atoms with van der Waals surface area (Å²) in [6, 6.07) is 12.2. The molecule has 1 aliphatic carbocycles. The summed E-state index contributed by atoms with van der Waals surface area (Å²) in [4.78, 5) is 34.6. The number of aryl methyl sites for hydroxylation is 2. The number of hydrogen-bond acceptors (Lipinski definition) is 5. The van der Waals surface area contributed by atoms with E-state index in [1.54, 1.807) is 0 Å². The Morgan fingerprint density at radius 3 is 2.93 bits per heavy atom. The maximum absolute atomic E-state index is 12.3. The number of nitro benzene ring substituents is 1. The molecule has 1 atom stereocenters. The highest BCUT2D eigenvalue weighted by molar-refractivity contribution is 5.77. The molecular weight excluding hydrogens is 362 g/mol. The average molecular weight is 381 g/mol. The Kier molecular flexibility index (Phi) is 4.68. The van der Waals surface area contributed by atoms with E-state index in [0.717, 1.165) is 12.8 Å². The van der Waals surface area contributed by atoms with Crippen LogP contribution >= 0.6 is 0 Å². The number of benzene rings is 2. The Labute approximate surface area is 159 Å². The second kappa shape index (κ2) is 7.30. The monoisotopic (exact) mass is 381 g/mol. The first kappa shape index (κ1) is 18.0. The van der Waals surface area contributed by atoms with Crippen LogP contribution < -0.4 is 11.1 Å². The molecule has 4 rings (SSSR count). The van der Waals surface area contributed by atoms with Crippen LogP contribution in [0.25, 0.3) is 11.1 Å². The van der Waals surface area contributed by atoms with E-state index in [-0.39, 0.29) is 29.6 Å². The van der Waals surface area contributed by atoms with Gasteiger partial charge in [-0.25, -0.2) is 4.79 Å². The summed E-state index contributed by atoms with van der Waals surface area (Å²) in [5.74, 6) is -0.640. The van der Waals surface area contributed by atoms with E-state index in [9.17, 15) is 19.7 Å². The van der Waals surface area contributed by atoms with E-state index in [1.165, 1.54) is 33.9 Å². The zero-order valence-corrected chi connectivity index (χ0v) is 15.1. The summed E-state index contributed by atoms with van der Waals surface area (Å²) in [6.07, 6.45) is 2.61. The fraction of sp³-hybridized carbons (Fsp3) is 0.300. The summed E-state index contributed by atoms with van der Waals surface area (Å²) < 4.78 is 6.50. The maximum atomic E-state index is 12.3. The highest BCUT2D eigenvalue weighted by Gasteiger charge is 2.23. The van der Waals surface area contributed by atoms with Crippen molar-refractivity contribution in [3.05, 3.63) is 74.3 Å². The van der Waals surface area contributed by atoms with Crippen LogP contribution in [0.3, 0.4) is 0 Å².